The van der Waals surface area contributed by atoms with Crippen molar-refractivity contribution in [3.63, 3.8) is 0 Å². The summed E-state index contributed by atoms with van der Waals surface area (Å²) >= 11 is 0. The summed E-state index contributed by atoms with van der Waals surface area (Å²) in [5.41, 5.74) is -1.55. The first-order valence-corrected chi connectivity index (χ1v) is 4.71. The number of methoxy groups -OCH3 is 1. The molecule has 0 saturated heterocycles. The van der Waals surface area contributed by atoms with Crippen LogP contribution in [0.15, 0.2) is 6.07 Å². The molecule has 0 aliphatic rings. The summed E-state index contributed by atoms with van der Waals surface area (Å²) in [5, 5.41) is 0. The van der Waals surface area contributed by atoms with Gasteiger partial charge in [0.2, 0.25) is 0 Å². The second-order valence-corrected chi connectivity index (χ2v) is 2.93. The van der Waals surface area contributed by atoms with E-state index in [1.165, 1.54) is 6.92 Å². The van der Waals surface area contributed by atoms with Crippen LogP contribution in [0.4, 0.5) is 13.2 Å². The second kappa shape index (κ2) is 5.51. The van der Waals surface area contributed by atoms with E-state index in [9.17, 15) is 18.0 Å². The number of hydrogen-bond acceptors (Lipinski definition) is 4. The fraction of sp³-hybridized carbons (Fsp3) is 0.400. The number of esters is 1. The molecule has 7 heteroatoms. The largest absolute Gasteiger partial charge is 0.494 e. The van der Waals surface area contributed by atoms with Crippen LogP contribution in [-0.4, -0.2) is 24.7 Å². The van der Waals surface area contributed by atoms with E-state index in [0.717, 1.165) is 13.2 Å². The zero-order valence-electron chi connectivity index (χ0n) is 9.17. The SMILES string of the molecule is CCOC(=O)c1nc(C(F)F)cc(OC)c1F. The van der Waals surface area contributed by atoms with Crippen molar-refractivity contribution in [1.29, 1.82) is 0 Å². The third kappa shape index (κ3) is 2.86. The predicted octanol–water partition coefficient (Wildman–Crippen LogP) is 2.34. The summed E-state index contributed by atoms with van der Waals surface area (Å²) < 4.78 is 47.5. The van der Waals surface area contributed by atoms with Gasteiger partial charge in [-0.3, -0.25) is 0 Å². The topological polar surface area (TPSA) is 48.4 Å². The standard InChI is InChI=1S/C10H10F3NO3/c1-3-17-10(15)8-7(11)6(16-2)4-5(14-8)9(12)13/h4,9H,3H2,1-2H3. The van der Waals surface area contributed by atoms with Gasteiger partial charge < -0.3 is 9.47 Å². The molecule has 0 radical (unpaired) electrons. The number of carbonyl (C=O) groups excluding carboxylic acids is 1. The predicted molar refractivity (Wildman–Crippen MR) is 51.7 cm³/mol. The Morgan fingerprint density at radius 2 is 2.18 bits per heavy atom. The number of halogens is 3. The van der Waals surface area contributed by atoms with Crippen LogP contribution in [0.5, 0.6) is 5.75 Å². The van der Waals surface area contributed by atoms with Crippen LogP contribution in [0.25, 0.3) is 0 Å². The molecule has 94 valence electrons. The Bertz CT molecular complexity index is 424. The van der Waals surface area contributed by atoms with Gasteiger partial charge in [0.1, 0.15) is 5.69 Å². The average Bonchev–Trinajstić information content (AvgIpc) is 2.29. The maximum absolute atomic E-state index is 13.6. The van der Waals surface area contributed by atoms with Gasteiger partial charge in [0.15, 0.2) is 17.3 Å². The molecule has 0 aromatic carbocycles. The van der Waals surface area contributed by atoms with Crippen molar-refractivity contribution in [2.45, 2.75) is 13.3 Å². The van der Waals surface area contributed by atoms with Gasteiger partial charge in [0.05, 0.1) is 13.7 Å². The highest BCUT2D eigenvalue weighted by Gasteiger charge is 2.23. The Morgan fingerprint density at radius 3 is 2.65 bits per heavy atom. The smallest absolute Gasteiger partial charge is 0.360 e. The van der Waals surface area contributed by atoms with Crippen LogP contribution in [0.2, 0.25) is 0 Å². The first-order chi connectivity index (χ1) is 8.01. The molecule has 17 heavy (non-hydrogen) atoms. The number of aromatic nitrogens is 1. The van der Waals surface area contributed by atoms with Gasteiger partial charge in [-0.2, -0.15) is 0 Å². The van der Waals surface area contributed by atoms with Gasteiger partial charge >= 0.3 is 5.97 Å². The lowest BCUT2D eigenvalue weighted by molar-refractivity contribution is 0.0510. The summed E-state index contributed by atoms with van der Waals surface area (Å²) in [7, 11) is 1.10. The van der Waals surface area contributed by atoms with Crippen molar-refractivity contribution >= 4 is 5.97 Å². The van der Waals surface area contributed by atoms with Crippen molar-refractivity contribution in [3.05, 3.63) is 23.3 Å². The van der Waals surface area contributed by atoms with Crippen LogP contribution in [0.1, 0.15) is 29.5 Å². The monoisotopic (exact) mass is 249 g/mol. The van der Waals surface area contributed by atoms with Gasteiger partial charge in [-0.25, -0.2) is 22.9 Å². The fourth-order valence-electron chi connectivity index (χ4n) is 1.12. The minimum absolute atomic E-state index is 0.0127. The maximum atomic E-state index is 13.6. The quantitative estimate of drug-likeness (QED) is 0.768. The molecule has 1 rings (SSSR count). The molecule has 1 aromatic rings. The van der Waals surface area contributed by atoms with E-state index >= 15 is 0 Å². The molecule has 0 aliphatic heterocycles. The van der Waals surface area contributed by atoms with Gasteiger partial charge in [0, 0.05) is 6.07 Å². The Hall–Kier alpha value is -1.79. The highest BCUT2D eigenvalue weighted by atomic mass is 19.3. The molecule has 0 bridgehead atoms. The maximum Gasteiger partial charge on any atom is 0.360 e. The minimum Gasteiger partial charge on any atom is -0.494 e. The van der Waals surface area contributed by atoms with E-state index in [1.807, 2.05) is 0 Å². The van der Waals surface area contributed by atoms with E-state index in [1.54, 1.807) is 0 Å². The van der Waals surface area contributed by atoms with Crippen LogP contribution < -0.4 is 4.74 Å². The summed E-state index contributed by atoms with van der Waals surface area (Å²) in [6, 6.07) is 0.739. The summed E-state index contributed by atoms with van der Waals surface area (Å²) in [6.07, 6.45) is -2.93. The first kappa shape index (κ1) is 13.3. The van der Waals surface area contributed by atoms with Crippen molar-refractivity contribution in [1.82, 2.24) is 4.98 Å². The number of nitrogens with zero attached hydrogens (tertiary/aromatic N) is 1. The van der Waals surface area contributed by atoms with E-state index in [2.05, 4.69) is 14.5 Å². The third-order valence-corrected chi connectivity index (χ3v) is 1.86. The van der Waals surface area contributed by atoms with Gasteiger partial charge in [-0.15, -0.1) is 0 Å². The molecule has 4 nitrogen and oxygen atoms in total. The van der Waals surface area contributed by atoms with Crippen LogP contribution >= 0.6 is 0 Å². The molecule has 0 unspecified atom stereocenters. The Morgan fingerprint density at radius 1 is 1.53 bits per heavy atom. The van der Waals surface area contributed by atoms with E-state index < -0.39 is 35.3 Å². The first-order valence-electron chi connectivity index (χ1n) is 4.71. The second-order valence-electron chi connectivity index (χ2n) is 2.93. The molecule has 1 heterocycles. The average molecular weight is 249 g/mol. The lowest BCUT2D eigenvalue weighted by Gasteiger charge is -2.09. The molecule has 0 aliphatic carbocycles. The van der Waals surface area contributed by atoms with Crippen molar-refractivity contribution in [2.75, 3.05) is 13.7 Å². The zero-order valence-corrected chi connectivity index (χ0v) is 9.17. The van der Waals surface area contributed by atoms with Gasteiger partial charge in [-0.05, 0) is 6.92 Å². The molecule has 0 fully saturated rings. The Labute approximate surface area is 95.4 Å². The number of ether oxygens (including phenoxy) is 2. The van der Waals surface area contributed by atoms with Crippen molar-refractivity contribution in [3.8, 4) is 5.75 Å². The minimum atomic E-state index is -2.93. The van der Waals surface area contributed by atoms with E-state index in [4.69, 9.17) is 0 Å². The Balaban J connectivity index is 3.27. The van der Waals surface area contributed by atoms with Crippen LogP contribution in [0.3, 0.4) is 0 Å². The summed E-state index contributed by atoms with van der Waals surface area (Å²) in [6.45, 7) is 1.49. The molecular formula is C10H10F3NO3. The van der Waals surface area contributed by atoms with Gasteiger partial charge in [0.25, 0.3) is 6.43 Å². The molecule has 0 amide bonds. The number of rotatable bonds is 4. The summed E-state index contributed by atoms with van der Waals surface area (Å²) in [5.74, 6) is -2.69. The highest BCUT2D eigenvalue weighted by molar-refractivity contribution is 5.88. The molecule has 0 saturated carbocycles. The van der Waals surface area contributed by atoms with Gasteiger partial charge in [-0.1, -0.05) is 0 Å². The number of carbonyl (C=O) groups is 1. The molecule has 0 spiro atoms. The lowest BCUT2D eigenvalue weighted by Crippen LogP contribution is -2.12. The molecular weight excluding hydrogens is 239 g/mol. The third-order valence-electron chi connectivity index (χ3n) is 1.86. The normalized spacial score (nSPS) is 10.5. The molecule has 1 aromatic heterocycles. The van der Waals surface area contributed by atoms with Crippen molar-refractivity contribution < 1.29 is 27.4 Å². The zero-order chi connectivity index (χ0) is 13.0. The van der Waals surface area contributed by atoms with Crippen LogP contribution in [-0.2, 0) is 4.74 Å². The van der Waals surface area contributed by atoms with Crippen molar-refractivity contribution in [2.24, 2.45) is 0 Å². The number of alkyl halides is 2. The molecule has 0 N–H and O–H groups in total. The highest BCUT2D eigenvalue weighted by Crippen LogP contribution is 2.26. The van der Waals surface area contributed by atoms with Crippen LogP contribution in [0, 0.1) is 5.82 Å². The summed E-state index contributed by atoms with van der Waals surface area (Å²) in [4.78, 5) is 14.5. The Kier molecular flexibility index (Phi) is 4.30. The van der Waals surface area contributed by atoms with E-state index in [-0.39, 0.29) is 6.61 Å². The number of pyridine rings is 1. The fourth-order valence-corrected chi connectivity index (χ4v) is 1.12. The van der Waals surface area contributed by atoms with E-state index in [0.29, 0.717) is 0 Å². The lowest BCUT2D eigenvalue weighted by atomic mass is 10.2. The number of hydrogen-bond donors (Lipinski definition) is 0. The molecule has 0 atom stereocenters.